The number of methoxy groups -OCH3 is 1. The first-order chi connectivity index (χ1) is 15.8. The molecule has 3 rings (SSSR count). The second-order valence-corrected chi connectivity index (χ2v) is 7.82. The van der Waals surface area contributed by atoms with Crippen LogP contribution in [0.25, 0.3) is 11.1 Å². The number of amides is 2. The van der Waals surface area contributed by atoms with Crippen molar-refractivity contribution < 1.29 is 34.1 Å². The van der Waals surface area contributed by atoms with Crippen molar-refractivity contribution in [1.82, 2.24) is 10.6 Å². The van der Waals surface area contributed by atoms with Gasteiger partial charge in [0, 0.05) is 26.0 Å². The molecule has 0 heterocycles. The predicted molar refractivity (Wildman–Crippen MR) is 120 cm³/mol. The molecule has 9 heteroatoms. The molecular weight excluding hydrogens is 428 g/mol. The molecular formula is C24H28N2O7. The van der Waals surface area contributed by atoms with Gasteiger partial charge in [-0.1, -0.05) is 48.5 Å². The number of aliphatic hydroxyl groups is 1. The molecule has 33 heavy (non-hydrogen) atoms. The maximum atomic E-state index is 12.5. The quantitative estimate of drug-likeness (QED) is 0.429. The second kappa shape index (κ2) is 10.9. The Morgan fingerprint density at radius 3 is 2.15 bits per heavy atom. The lowest BCUT2D eigenvalue weighted by Crippen LogP contribution is -2.53. The fourth-order valence-corrected chi connectivity index (χ4v) is 3.86. The summed E-state index contributed by atoms with van der Waals surface area (Å²) in [5, 5.41) is 23.1. The van der Waals surface area contributed by atoms with E-state index in [4.69, 9.17) is 14.6 Å². The van der Waals surface area contributed by atoms with Gasteiger partial charge >= 0.3 is 12.1 Å². The summed E-state index contributed by atoms with van der Waals surface area (Å²) in [6, 6.07) is 14.9. The zero-order chi connectivity index (χ0) is 24.0. The van der Waals surface area contributed by atoms with Crippen LogP contribution in [0.2, 0.25) is 0 Å². The van der Waals surface area contributed by atoms with Crippen LogP contribution in [0, 0.1) is 0 Å². The van der Waals surface area contributed by atoms with E-state index >= 15 is 0 Å². The first-order valence-corrected chi connectivity index (χ1v) is 10.7. The first kappa shape index (κ1) is 24.2. The first-order valence-electron chi connectivity index (χ1n) is 10.7. The number of aliphatic hydroxyl groups excluding tert-OH is 1. The Hall–Kier alpha value is -3.43. The second-order valence-electron chi connectivity index (χ2n) is 7.82. The number of hydrogen-bond acceptors (Lipinski definition) is 6. The lowest BCUT2D eigenvalue weighted by atomic mass is 9.98. The minimum atomic E-state index is -1.58. The monoisotopic (exact) mass is 456 g/mol. The third-order valence-electron chi connectivity index (χ3n) is 5.74. The van der Waals surface area contributed by atoms with Crippen molar-refractivity contribution in [2.75, 3.05) is 20.3 Å². The number of rotatable bonds is 10. The van der Waals surface area contributed by atoms with Crippen LogP contribution in [0.4, 0.5) is 4.79 Å². The molecule has 0 aliphatic heterocycles. The van der Waals surface area contributed by atoms with Crippen LogP contribution >= 0.6 is 0 Å². The van der Waals surface area contributed by atoms with Crippen LogP contribution in [-0.2, 0) is 19.1 Å². The van der Waals surface area contributed by atoms with Crippen molar-refractivity contribution in [2.24, 2.45) is 0 Å². The van der Waals surface area contributed by atoms with Crippen LogP contribution in [0.3, 0.4) is 0 Å². The Bertz CT molecular complexity index is 964. The lowest BCUT2D eigenvalue weighted by Gasteiger charge is -2.23. The summed E-state index contributed by atoms with van der Waals surface area (Å²) < 4.78 is 10.7. The van der Waals surface area contributed by atoms with Crippen molar-refractivity contribution >= 4 is 18.0 Å². The Morgan fingerprint density at radius 2 is 1.61 bits per heavy atom. The minimum Gasteiger partial charge on any atom is -0.479 e. The van der Waals surface area contributed by atoms with E-state index in [2.05, 4.69) is 10.6 Å². The number of benzene rings is 2. The molecule has 3 atom stereocenters. The highest BCUT2D eigenvalue weighted by Gasteiger charge is 2.31. The van der Waals surface area contributed by atoms with Gasteiger partial charge in [0.05, 0.1) is 6.10 Å². The van der Waals surface area contributed by atoms with Crippen LogP contribution in [-0.4, -0.2) is 66.7 Å². The molecule has 176 valence electrons. The fraction of sp³-hybridized carbons (Fsp3) is 0.375. The van der Waals surface area contributed by atoms with E-state index in [0.717, 1.165) is 22.3 Å². The van der Waals surface area contributed by atoms with Gasteiger partial charge in [0.25, 0.3) is 0 Å². The summed E-state index contributed by atoms with van der Waals surface area (Å²) >= 11 is 0. The number of nitrogens with one attached hydrogen (secondary N) is 2. The molecule has 1 aliphatic rings. The zero-order valence-corrected chi connectivity index (χ0v) is 18.5. The van der Waals surface area contributed by atoms with Gasteiger partial charge < -0.3 is 30.3 Å². The number of carboxylic acid groups (broad SMARTS) is 1. The van der Waals surface area contributed by atoms with Gasteiger partial charge in [0.15, 0.2) is 6.10 Å². The van der Waals surface area contributed by atoms with Gasteiger partial charge in [-0.25, -0.2) is 9.59 Å². The largest absolute Gasteiger partial charge is 0.479 e. The molecule has 2 aromatic rings. The SMILES string of the molecule is CO[C@H](C)[C@H](NC(=O)OCC1c2ccccc2-c2ccccc21)C(=O)NCCC(O)C(=O)O. The molecule has 0 saturated heterocycles. The number of alkyl carbamates (subject to hydrolysis) is 1. The number of carbonyl (C=O) groups excluding carboxylic acids is 2. The van der Waals surface area contributed by atoms with E-state index in [9.17, 15) is 19.5 Å². The van der Waals surface area contributed by atoms with E-state index in [1.54, 1.807) is 6.92 Å². The van der Waals surface area contributed by atoms with E-state index in [0.29, 0.717) is 0 Å². The van der Waals surface area contributed by atoms with Crippen molar-refractivity contribution in [3.8, 4) is 11.1 Å². The topological polar surface area (TPSA) is 134 Å². The maximum absolute atomic E-state index is 12.5. The average Bonchev–Trinajstić information content (AvgIpc) is 3.14. The van der Waals surface area contributed by atoms with Gasteiger partial charge in [-0.15, -0.1) is 0 Å². The van der Waals surface area contributed by atoms with E-state index in [-0.39, 0.29) is 25.5 Å². The van der Waals surface area contributed by atoms with Gasteiger partial charge in [0.1, 0.15) is 12.6 Å². The molecule has 4 N–H and O–H groups in total. The summed E-state index contributed by atoms with van der Waals surface area (Å²) in [6.45, 7) is 1.63. The van der Waals surface area contributed by atoms with Crippen LogP contribution in [0.1, 0.15) is 30.4 Å². The maximum Gasteiger partial charge on any atom is 0.407 e. The molecule has 2 amide bonds. The lowest BCUT2D eigenvalue weighted by molar-refractivity contribution is -0.147. The standard InChI is InChI=1S/C24H28N2O7/c1-14(32-2)21(22(28)25-12-11-20(27)23(29)30)26-24(31)33-13-19-17-9-5-3-7-15(17)16-8-4-6-10-18(16)19/h3-10,14,19-21,27H,11-13H2,1-2H3,(H,25,28)(H,26,31)(H,29,30)/t14-,20?,21+/m1/s1. The highest BCUT2D eigenvalue weighted by atomic mass is 16.5. The summed E-state index contributed by atoms with van der Waals surface area (Å²) in [5.74, 6) is -2.06. The Balaban J connectivity index is 1.61. The number of carboxylic acids is 1. The highest BCUT2D eigenvalue weighted by Crippen LogP contribution is 2.44. The van der Waals surface area contributed by atoms with E-state index < -0.39 is 36.2 Å². The number of fused-ring (bicyclic) bond motifs is 3. The molecule has 9 nitrogen and oxygen atoms in total. The molecule has 0 fully saturated rings. The Kier molecular flexibility index (Phi) is 8.02. The average molecular weight is 456 g/mol. The number of aliphatic carboxylic acids is 1. The van der Waals surface area contributed by atoms with Crippen molar-refractivity contribution in [3.63, 3.8) is 0 Å². The van der Waals surface area contributed by atoms with Crippen molar-refractivity contribution in [2.45, 2.75) is 37.5 Å². The molecule has 0 radical (unpaired) electrons. The smallest absolute Gasteiger partial charge is 0.407 e. The van der Waals surface area contributed by atoms with Crippen LogP contribution in [0.15, 0.2) is 48.5 Å². The van der Waals surface area contributed by atoms with Gasteiger partial charge in [-0.3, -0.25) is 4.79 Å². The Labute approximate surface area is 191 Å². The van der Waals surface area contributed by atoms with Crippen molar-refractivity contribution in [1.29, 1.82) is 0 Å². The normalized spacial score (nSPS) is 15.0. The highest BCUT2D eigenvalue weighted by molar-refractivity contribution is 5.86. The fourth-order valence-electron chi connectivity index (χ4n) is 3.86. The van der Waals surface area contributed by atoms with E-state index in [1.807, 2.05) is 48.5 Å². The summed E-state index contributed by atoms with van der Waals surface area (Å²) in [4.78, 5) is 35.8. The third kappa shape index (κ3) is 5.68. The van der Waals surface area contributed by atoms with Crippen LogP contribution < -0.4 is 10.6 Å². The number of carbonyl (C=O) groups is 3. The zero-order valence-electron chi connectivity index (χ0n) is 18.5. The Morgan fingerprint density at radius 1 is 1.03 bits per heavy atom. The molecule has 0 bridgehead atoms. The summed E-state index contributed by atoms with van der Waals surface area (Å²) in [6.07, 6.45) is -3.19. The van der Waals surface area contributed by atoms with Gasteiger partial charge in [-0.05, 0) is 29.2 Å². The third-order valence-corrected chi connectivity index (χ3v) is 5.74. The molecule has 0 spiro atoms. The van der Waals surface area contributed by atoms with Crippen LogP contribution in [0.5, 0.6) is 0 Å². The van der Waals surface area contributed by atoms with Crippen molar-refractivity contribution in [3.05, 3.63) is 59.7 Å². The minimum absolute atomic E-state index is 0.0778. The molecule has 1 aliphatic carbocycles. The predicted octanol–water partition coefficient (Wildman–Crippen LogP) is 1.88. The van der Waals surface area contributed by atoms with Gasteiger partial charge in [0.2, 0.25) is 5.91 Å². The number of ether oxygens (including phenoxy) is 2. The van der Waals surface area contributed by atoms with Gasteiger partial charge in [-0.2, -0.15) is 0 Å². The molecule has 0 aromatic heterocycles. The number of hydrogen-bond donors (Lipinski definition) is 4. The molecule has 0 saturated carbocycles. The molecule has 2 aromatic carbocycles. The summed E-state index contributed by atoms with van der Waals surface area (Å²) in [5.41, 5.74) is 4.36. The van der Waals surface area contributed by atoms with E-state index in [1.165, 1.54) is 7.11 Å². The molecule has 1 unspecified atom stereocenters. The summed E-state index contributed by atoms with van der Waals surface area (Å²) in [7, 11) is 1.40.